The normalized spacial score (nSPS) is 14.5. The summed E-state index contributed by atoms with van der Waals surface area (Å²) in [4.78, 5) is 11.8. The molecule has 1 fully saturated rings. The van der Waals surface area contributed by atoms with E-state index in [1.54, 1.807) is 19.1 Å². The van der Waals surface area contributed by atoms with E-state index < -0.39 is 5.82 Å². The molecule has 0 saturated heterocycles. The fourth-order valence-electron chi connectivity index (χ4n) is 1.74. The maximum absolute atomic E-state index is 13.7. The fourth-order valence-corrected chi connectivity index (χ4v) is 1.74. The molecule has 1 amide bonds. The number of benzene rings is 1. The second-order valence-electron chi connectivity index (χ2n) is 4.55. The topological polar surface area (TPSA) is 29.1 Å². The summed E-state index contributed by atoms with van der Waals surface area (Å²) in [6, 6.07) is 2.93. The van der Waals surface area contributed by atoms with Crippen molar-refractivity contribution < 1.29 is 9.18 Å². The molecule has 0 aliphatic heterocycles. The average Bonchev–Trinajstić information content (AvgIpc) is 3.10. The lowest BCUT2D eigenvalue weighted by Crippen LogP contribution is -2.26. The van der Waals surface area contributed by atoms with Crippen LogP contribution in [0.1, 0.15) is 34.3 Å². The van der Waals surface area contributed by atoms with Crippen LogP contribution < -0.4 is 5.32 Å². The molecule has 90 valence electrons. The number of carbonyl (C=O) groups is 1. The summed E-state index contributed by atoms with van der Waals surface area (Å²) in [7, 11) is 0. The van der Waals surface area contributed by atoms with Gasteiger partial charge in [-0.2, -0.15) is 0 Å². The van der Waals surface area contributed by atoms with Crippen molar-refractivity contribution >= 4 is 12.0 Å². The SMILES string of the molecule is C=Cc1cc(C(=O)NCC2CC2)c(F)cc1C. The van der Waals surface area contributed by atoms with Gasteiger partial charge in [0.05, 0.1) is 5.56 Å². The molecular weight excluding hydrogens is 217 g/mol. The van der Waals surface area contributed by atoms with Crippen LogP contribution in [0, 0.1) is 18.7 Å². The van der Waals surface area contributed by atoms with E-state index in [0.717, 1.165) is 24.0 Å². The Morgan fingerprint density at radius 1 is 1.59 bits per heavy atom. The molecule has 3 heteroatoms. The van der Waals surface area contributed by atoms with E-state index in [4.69, 9.17) is 0 Å². The molecular formula is C14H16FNO. The molecule has 1 aromatic rings. The number of rotatable bonds is 4. The fraction of sp³-hybridized carbons (Fsp3) is 0.357. The first-order valence-corrected chi connectivity index (χ1v) is 5.82. The van der Waals surface area contributed by atoms with Crippen LogP contribution in [-0.4, -0.2) is 12.5 Å². The lowest BCUT2D eigenvalue weighted by atomic mass is 10.0. The van der Waals surface area contributed by atoms with Gasteiger partial charge in [-0.05, 0) is 48.9 Å². The minimum Gasteiger partial charge on any atom is -0.352 e. The minimum atomic E-state index is -0.471. The number of hydrogen-bond acceptors (Lipinski definition) is 1. The van der Waals surface area contributed by atoms with Crippen LogP contribution in [0.15, 0.2) is 18.7 Å². The predicted octanol–water partition coefficient (Wildman–Crippen LogP) is 2.92. The van der Waals surface area contributed by atoms with Gasteiger partial charge in [-0.25, -0.2) is 4.39 Å². The second-order valence-corrected chi connectivity index (χ2v) is 4.55. The molecule has 0 bridgehead atoms. The van der Waals surface area contributed by atoms with Crippen molar-refractivity contribution in [3.05, 3.63) is 41.2 Å². The Labute approximate surface area is 101 Å². The smallest absolute Gasteiger partial charge is 0.254 e. The van der Waals surface area contributed by atoms with E-state index >= 15 is 0 Å². The number of carbonyl (C=O) groups excluding carboxylic acids is 1. The molecule has 2 nitrogen and oxygen atoms in total. The highest BCUT2D eigenvalue weighted by atomic mass is 19.1. The van der Waals surface area contributed by atoms with Gasteiger partial charge in [-0.1, -0.05) is 12.7 Å². The standard InChI is InChI=1S/C14H16FNO/c1-3-11-7-12(13(15)6-9(11)2)14(17)16-8-10-4-5-10/h3,6-7,10H,1,4-5,8H2,2H3,(H,16,17). The Morgan fingerprint density at radius 3 is 2.88 bits per heavy atom. The maximum atomic E-state index is 13.7. The highest BCUT2D eigenvalue weighted by molar-refractivity contribution is 5.95. The van der Waals surface area contributed by atoms with Crippen LogP contribution in [0.2, 0.25) is 0 Å². The number of hydrogen-bond donors (Lipinski definition) is 1. The number of amides is 1. The van der Waals surface area contributed by atoms with Crippen molar-refractivity contribution in [2.45, 2.75) is 19.8 Å². The Bertz CT molecular complexity index is 464. The maximum Gasteiger partial charge on any atom is 0.254 e. The van der Waals surface area contributed by atoms with Crippen LogP contribution in [0.5, 0.6) is 0 Å². The van der Waals surface area contributed by atoms with Gasteiger partial charge >= 0.3 is 0 Å². The third-order valence-electron chi connectivity index (χ3n) is 3.07. The molecule has 17 heavy (non-hydrogen) atoms. The molecule has 0 heterocycles. The quantitative estimate of drug-likeness (QED) is 0.851. The summed E-state index contributed by atoms with van der Waals surface area (Å²) in [5.41, 5.74) is 1.69. The molecule has 0 unspecified atom stereocenters. The van der Waals surface area contributed by atoms with E-state index in [9.17, 15) is 9.18 Å². The van der Waals surface area contributed by atoms with Crippen molar-refractivity contribution in [1.29, 1.82) is 0 Å². The average molecular weight is 233 g/mol. The Morgan fingerprint density at radius 2 is 2.29 bits per heavy atom. The summed E-state index contributed by atoms with van der Waals surface area (Å²) in [5, 5.41) is 2.76. The van der Waals surface area contributed by atoms with Crippen molar-refractivity contribution in [3.8, 4) is 0 Å². The van der Waals surface area contributed by atoms with Crippen molar-refractivity contribution in [2.75, 3.05) is 6.54 Å². The molecule has 1 aliphatic rings. The predicted molar refractivity (Wildman–Crippen MR) is 66.3 cm³/mol. The van der Waals surface area contributed by atoms with Gasteiger partial charge in [-0.15, -0.1) is 0 Å². The number of halogens is 1. The first-order chi connectivity index (χ1) is 8.11. The molecule has 1 aliphatic carbocycles. The second kappa shape index (κ2) is 4.70. The molecule has 0 spiro atoms. The van der Waals surface area contributed by atoms with Crippen molar-refractivity contribution in [3.63, 3.8) is 0 Å². The third-order valence-corrected chi connectivity index (χ3v) is 3.07. The van der Waals surface area contributed by atoms with Crippen LogP contribution >= 0.6 is 0 Å². The lowest BCUT2D eigenvalue weighted by molar-refractivity contribution is 0.0947. The Kier molecular flexibility index (Phi) is 3.27. The first-order valence-electron chi connectivity index (χ1n) is 5.82. The third kappa shape index (κ3) is 2.73. The molecule has 0 aromatic heterocycles. The van der Waals surface area contributed by atoms with Crippen LogP contribution in [0.25, 0.3) is 6.08 Å². The molecule has 1 N–H and O–H groups in total. The summed E-state index contributed by atoms with van der Waals surface area (Å²) >= 11 is 0. The highest BCUT2D eigenvalue weighted by Gasteiger charge is 2.22. The summed E-state index contributed by atoms with van der Waals surface area (Å²) < 4.78 is 13.7. The van der Waals surface area contributed by atoms with Crippen LogP contribution in [0.3, 0.4) is 0 Å². The Balaban J connectivity index is 2.17. The molecule has 2 rings (SSSR count). The molecule has 1 aromatic carbocycles. The molecule has 0 atom stereocenters. The zero-order valence-electron chi connectivity index (χ0n) is 9.92. The highest BCUT2D eigenvalue weighted by Crippen LogP contribution is 2.27. The summed E-state index contributed by atoms with van der Waals surface area (Å²) in [6.07, 6.45) is 3.95. The van der Waals surface area contributed by atoms with Gasteiger partial charge in [0.15, 0.2) is 0 Å². The van der Waals surface area contributed by atoms with Gasteiger partial charge in [0, 0.05) is 6.54 Å². The largest absolute Gasteiger partial charge is 0.352 e. The zero-order chi connectivity index (χ0) is 12.4. The zero-order valence-corrected chi connectivity index (χ0v) is 9.92. The van der Waals surface area contributed by atoms with E-state index in [1.807, 2.05) is 0 Å². The van der Waals surface area contributed by atoms with Crippen molar-refractivity contribution in [2.24, 2.45) is 5.92 Å². The van der Waals surface area contributed by atoms with Crippen LogP contribution in [0.4, 0.5) is 4.39 Å². The molecule has 1 saturated carbocycles. The number of nitrogens with one attached hydrogen (secondary N) is 1. The molecule has 0 radical (unpaired) electrons. The van der Waals surface area contributed by atoms with Gasteiger partial charge in [-0.3, -0.25) is 4.79 Å². The van der Waals surface area contributed by atoms with Gasteiger partial charge in [0.2, 0.25) is 0 Å². The first kappa shape index (κ1) is 11.8. The lowest BCUT2D eigenvalue weighted by Gasteiger charge is -2.08. The van der Waals surface area contributed by atoms with Crippen LogP contribution in [-0.2, 0) is 0 Å². The minimum absolute atomic E-state index is 0.103. The van der Waals surface area contributed by atoms with E-state index in [-0.39, 0.29) is 11.5 Å². The van der Waals surface area contributed by atoms with Crippen molar-refractivity contribution in [1.82, 2.24) is 5.32 Å². The Hall–Kier alpha value is -1.64. The van der Waals surface area contributed by atoms with Gasteiger partial charge in [0.25, 0.3) is 5.91 Å². The monoisotopic (exact) mass is 233 g/mol. The van der Waals surface area contributed by atoms with Gasteiger partial charge in [0.1, 0.15) is 5.82 Å². The van der Waals surface area contributed by atoms with E-state index in [1.165, 1.54) is 6.07 Å². The number of aryl methyl sites for hydroxylation is 1. The summed E-state index contributed by atoms with van der Waals surface area (Å²) in [6.45, 7) is 6.10. The van der Waals surface area contributed by atoms with E-state index in [2.05, 4.69) is 11.9 Å². The summed E-state index contributed by atoms with van der Waals surface area (Å²) in [5.74, 6) is -0.217. The van der Waals surface area contributed by atoms with Gasteiger partial charge < -0.3 is 5.32 Å². The van der Waals surface area contributed by atoms with E-state index in [0.29, 0.717) is 12.5 Å².